The number of hydrogen-bond acceptors (Lipinski definition) is 5. The Morgan fingerprint density at radius 2 is 1.15 bits per heavy atom. The average molecular weight is 748 g/mol. The quantitative estimate of drug-likeness (QED) is 0.221. The van der Waals surface area contributed by atoms with Crippen molar-refractivity contribution < 1.29 is 14.3 Å². The Morgan fingerprint density at radius 3 is 1.58 bits per heavy atom. The van der Waals surface area contributed by atoms with Gasteiger partial charge in [-0.3, -0.25) is 0 Å². The van der Waals surface area contributed by atoms with E-state index in [0.717, 1.165) is 64.6 Å². The van der Waals surface area contributed by atoms with Crippen molar-refractivity contribution in [3.8, 4) is 0 Å². The molecule has 9 heteroatoms. The third-order valence-corrected chi connectivity index (χ3v) is 10.6. The molecule has 2 aliphatic heterocycles. The van der Waals surface area contributed by atoms with Gasteiger partial charge in [-0.25, -0.2) is 9.59 Å². The lowest BCUT2D eigenvalue weighted by atomic mass is 9.86. The first-order valence-electron chi connectivity index (χ1n) is 19.2. The molecule has 2 fully saturated rings. The van der Waals surface area contributed by atoms with Gasteiger partial charge in [-0.15, -0.1) is 12.4 Å². The van der Waals surface area contributed by atoms with Gasteiger partial charge in [0.1, 0.15) is 5.60 Å². The molecule has 53 heavy (non-hydrogen) atoms. The number of nitrogens with one attached hydrogen (secondary N) is 1. The van der Waals surface area contributed by atoms with Crippen LogP contribution in [0, 0.1) is 0 Å². The van der Waals surface area contributed by atoms with E-state index in [9.17, 15) is 9.59 Å². The van der Waals surface area contributed by atoms with E-state index in [-0.39, 0.29) is 35.6 Å². The van der Waals surface area contributed by atoms with Crippen LogP contribution in [0.3, 0.4) is 0 Å². The minimum atomic E-state index is -0.454. The number of carbonyl (C=O) groups is 2. The third-order valence-electron chi connectivity index (χ3n) is 10.6. The SMILES string of the molecule is CN(c1ccccc1)C1CCN(C(=O)NCCCCc2ccccc2)C(C)(C)C1.CN(c1ccccc1)C1CCN(C(=O)OC(C)(C)C)C(C)(C)C1.Cl. The zero-order valence-corrected chi connectivity index (χ0v) is 34.6. The van der Waals surface area contributed by atoms with Crippen LogP contribution < -0.4 is 15.1 Å². The highest BCUT2D eigenvalue weighted by Gasteiger charge is 2.41. The summed E-state index contributed by atoms with van der Waals surface area (Å²) in [4.78, 5) is 33.9. The molecule has 292 valence electrons. The normalized spacial score (nSPS) is 19.1. The van der Waals surface area contributed by atoms with E-state index < -0.39 is 5.60 Å². The highest BCUT2D eigenvalue weighted by molar-refractivity contribution is 5.85. The second-order valence-electron chi connectivity index (χ2n) is 16.8. The summed E-state index contributed by atoms with van der Waals surface area (Å²) in [6, 6.07) is 32.4. The molecule has 2 atom stereocenters. The van der Waals surface area contributed by atoms with Gasteiger partial charge < -0.3 is 29.7 Å². The van der Waals surface area contributed by atoms with Crippen molar-refractivity contribution in [1.29, 1.82) is 0 Å². The number of anilines is 2. The monoisotopic (exact) mass is 747 g/mol. The summed E-state index contributed by atoms with van der Waals surface area (Å²) in [5.41, 5.74) is 3.01. The van der Waals surface area contributed by atoms with Crippen molar-refractivity contribution in [2.75, 3.05) is 43.5 Å². The molecule has 3 amide bonds. The molecule has 0 spiro atoms. The van der Waals surface area contributed by atoms with Crippen LogP contribution in [0.1, 0.15) is 92.6 Å². The maximum atomic E-state index is 12.8. The number of urea groups is 1. The van der Waals surface area contributed by atoms with Crippen LogP contribution >= 0.6 is 12.4 Å². The summed E-state index contributed by atoms with van der Waals surface area (Å²) in [6.07, 6.45) is 6.82. The lowest BCUT2D eigenvalue weighted by Crippen LogP contribution is -2.59. The molecule has 2 unspecified atom stereocenters. The fourth-order valence-electron chi connectivity index (χ4n) is 7.57. The van der Waals surface area contributed by atoms with E-state index >= 15 is 0 Å². The van der Waals surface area contributed by atoms with Crippen LogP contribution in [0.4, 0.5) is 21.0 Å². The molecule has 3 aromatic rings. The molecular weight excluding hydrogens is 682 g/mol. The number of para-hydroxylation sites is 2. The molecule has 2 saturated heterocycles. The first-order chi connectivity index (χ1) is 24.6. The van der Waals surface area contributed by atoms with E-state index in [1.54, 1.807) is 0 Å². The predicted octanol–water partition coefficient (Wildman–Crippen LogP) is 9.82. The molecule has 5 rings (SSSR count). The molecule has 1 N–H and O–H groups in total. The van der Waals surface area contributed by atoms with Crippen molar-refractivity contribution in [3.63, 3.8) is 0 Å². The van der Waals surface area contributed by atoms with Crippen LogP contribution in [0.5, 0.6) is 0 Å². The van der Waals surface area contributed by atoms with Crippen LogP contribution in [0.2, 0.25) is 0 Å². The molecule has 3 aromatic carbocycles. The number of hydrogen-bond donors (Lipinski definition) is 1. The first-order valence-corrected chi connectivity index (χ1v) is 19.2. The molecule has 0 aliphatic carbocycles. The number of nitrogens with zero attached hydrogens (tertiary/aromatic N) is 4. The minimum absolute atomic E-state index is 0. The summed E-state index contributed by atoms with van der Waals surface area (Å²) in [5.74, 6) is 0. The van der Waals surface area contributed by atoms with Gasteiger partial charge in [0.05, 0.1) is 0 Å². The minimum Gasteiger partial charge on any atom is -0.444 e. The summed E-state index contributed by atoms with van der Waals surface area (Å²) < 4.78 is 5.57. The lowest BCUT2D eigenvalue weighted by Gasteiger charge is -2.48. The third kappa shape index (κ3) is 12.9. The number of unbranched alkanes of at least 4 members (excludes halogenated alkanes) is 1. The van der Waals surface area contributed by atoms with Crippen LogP contribution in [0.15, 0.2) is 91.0 Å². The Balaban J connectivity index is 0.000000288. The number of amides is 3. The maximum Gasteiger partial charge on any atom is 0.410 e. The fourth-order valence-corrected chi connectivity index (χ4v) is 7.57. The number of halogens is 1. The molecule has 0 saturated carbocycles. The number of benzene rings is 3. The zero-order chi connectivity index (χ0) is 37.9. The van der Waals surface area contributed by atoms with Gasteiger partial charge in [-0.1, -0.05) is 66.7 Å². The molecule has 8 nitrogen and oxygen atoms in total. The Labute approximate surface area is 326 Å². The highest BCUT2D eigenvalue weighted by Crippen LogP contribution is 2.34. The summed E-state index contributed by atoms with van der Waals surface area (Å²) in [5, 5.41) is 3.14. The van der Waals surface area contributed by atoms with Gasteiger partial charge in [-0.05, 0) is 123 Å². The van der Waals surface area contributed by atoms with E-state index in [1.807, 2.05) is 48.8 Å². The Morgan fingerprint density at radius 1 is 0.717 bits per heavy atom. The summed E-state index contributed by atoms with van der Waals surface area (Å²) >= 11 is 0. The van der Waals surface area contributed by atoms with Crippen LogP contribution in [0.25, 0.3) is 0 Å². The van der Waals surface area contributed by atoms with Crippen molar-refractivity contribution in [3.05, 3.63) is 96.6 Å². The van der Waals surface area contributed by atoms with E-state index in [2.05, 4.69) is 130 Å². The summed E-state index contributed by atoms with van der Waals surface area (Å²) in [7, 11) is 4.30. The Kier molecular flexibility index (Phi) is 15.9. The average Bonchev–Trinajstić information content (AvgIpc) is 3.10. The Hall–Kier alpha value is -3.91. The fraction of sp³-hybridized carbons (Fsp3) is 0.545. The predicted molar refractivity (Wildman–Crippen MR) is 224 cm³/mol. The topological polar surface area (TPSA) is 68.4 Å². The molecule has 0 radical (unpaired) electrons. The molecule has 2 heterocycles. The van der Waals surface area contributed by atoms with Crippen molar-refractivity contribution in [2.24, 2.45) is 0 Å². The largest absolute Gasteiger partial charge is 0.444 e. The Bertz CT molecular complexity index is 1530. The van der Waals surface area contributed by atoms with Crippen molar-refractivity contribution in [2.45, 2.75) is 122 Å². The van der Waals surface area contributed by atoms with Gasteiger partial charge in [-0.2, -0.15) is 0 Å². The number of carbonyl (C=O) groups excluding carboxylic acids is 2. The number of aryl methyl sites for hydroxylation is 1. The number of rotatable bonds is 9. The smallest absolute Gasteiger partial charge is 0.410 e. The van der Waals surface area contributed by atoms with Gasteiger partial charge in [0.25, 0.3) is 0 Å². The molecular formula is C44H66ClN5O3. The van der Waals surface area contributed by atoms with Crippen LogP contribution in [-0.4, -0.2) is 84.4 Å². The second-order valence-corrected chi connectivity index (χ2v) is 16.8. The van der Waals surface area contributed by atoms with E-state index in [4.69, 9.17) is 4.74 Å². The maximum absolute atomic E-state index is 12.8. The molecule has 0 bridgehead atoms. The van der Waals surface area contributed by atoms with Crippen molar-refractivity contribution in [1.82, 2.24) is 15.1 Å². The van der Waals surface area contributed by atoms with Crippen LogP contribution in [-0.2, 0) is 11.2 Å². The van der Waals surface area contributed by atoms with Gasteiger partial charge in [0.2, 0.25) is 0 Å². The molecule has 2 aliphatic rings. The number of piperidine rings is 2. The van der Waals surface area contributed by atoms with Gasteiger partial charge in [0, 0.05) is 68.3 Å². The summed E-state index contributed by atoms with van der Waals surface area (Å²) in [6.45, 7) is 16.6. The lowest BCUT2D eigenvalue weighted by molar-refractivity contribution is -0.00909. The van der Waals surface area contributed by atoms with Gasteiger partial charge >= 0.3 is 12.1 Å². The van der Waals surface area contributed by atoms with E-state index in [0.29, 0.717) is 12.1 Å². The highest BCUT2D eigenvalue weighted by atomic mass is 35.5. The molecule has 0 aromatic heterocycles. The zero-order valence-electron chi connectivity index (χ0n) is 33.8. The van der Waals surface area contributed by atoms with Gasteiger partial charge in [0.15, 0.2) is 0 Å². The standard InChI is InChI=1S/C25H35N3O.C19H30N2O2.ClH/c1-25(2)20-23(27(3)22-15-8-5-9-16-22)17-19-28(25)24(29)26-18-11-10-14-21-12-6-4-7-13-21;1-18(2,3)23-17(22)21-13-12-16(14-19(21,4)5)20(6)15-10-8-7-9-11-15;/h4-9,12-13,15-16,23H,10-11,14,17-20H2,1-3H3,(H,26,29);7-11,16H,12-14H2,1-6H3;1H. The second kappa shape index (κ2) is 19.4. The number of likely N-dealkylation sites (tertiary alicyclic amines) is 2. The first kappa shape index (κ1) is 43.5. The van der Waals surface area contributed by atoms with E-state index in [1.165, 1.54) is 16.9 Å². The number of ether oxygens (including phenoxy) is 1. The van der Waals surface area contributed by atoms with Crippen molar-refractivity contribution >= 4 is 35.9 Å².